The van der Waals surface area contributed by atoms with Crippen molar-refractivity contribution in [3.63, 3.8) is 0 Å². The lowest BCUT2D eigenvalue weighted by atomic mass is 10.1. The van der Waals surface area contributed by atoms with E-state index in [0.717, 1.165) is 4.28 Å². The molecule has 7 heavy (non-hydrogen) atoms. The Morgan fingerprint density at radius 3 is 1.86 bits per heavy atom. The summed E-state index contributed by atoms with van der Waals surface area (Å²) in [5.41, 5.74) is 0. The van der Waals surface area contributed by atoms with Crippen molar-refractivity contribution < 1.29 is 0 Å². The molecular formula is C6H13Al. The molecule has 0 radical (unpaired) electrons. The average Bonchev–Trinajstić information content (AvgIpc) is 1.84. The van der Waals surface area contributed by atoms with Gasteiger partial charge in [-0.25, -0.2) is 0 Å². The van der Waals surface area contributed by atoms with Gasteiger partial charge in [-0.3, -0.25) is 0 Å². The van der Waals surface area contributed by atoms with Crippen LogP contribution in [0, 0.1) is 0 Å². The molecular weight excluding hydrogens is 99.0 g/mol. The van der Waals surface area contributed by atoms with Gasteiger partial charge in [0.2, 0.25) is 16.3 Å². The van der Waals surface area contributed by atoms with Gasteiger partial charge in [0.25, 0.3) is 0 Å². The smallest absolute Gasteiger partial charge is 0.0823 e. The van der Waals surface area contributed by atoms with Crippen LogP contribution >= 0.6 is 0 Å². The maximum atomic E-state index is 2.42. The minimum absolute atomic E-state index is 0.833. The molecule has 1 fully saturated rings. The highest BCUT2D eigenvalue weighted by molar-refractivity contribution is 6.14. The first-order valence-electron chi connectivity index (χ1n) is 3.21. The Bertz CT molecular complexity index is 58.6. The summed E-state index contributed by atoms with van der Waals surface area (Å²) in [5, 5.41) is 0. The lowest BCUT2D eigenvalue weighted by molar-refractivity contribution is 0.641. The molecule has 0 atom stereocenters. The van der Waals surface area contributed by atoms with Crippen LogP contribution in [0.25, 0.3) is 0 Å². The van der Waals surface area contributed by atoms with Gasteiger partial charge < -0.3 is 0 Å². The van der Waals surface area contributed by atoms with Crippen molar-refractivity contribution in [2.24, 2.45) is 0 Å². The number of hydrogen-bond acceptors (Lipinski definition) is 0. The Morgan fingerprint density at radius 2 is 1.71 bits per heavy atom. The van der Waals surface area contributed by atoms with Crippen molar-refractivity contribution in [3.05, 3.63) is 0 Å². The van der Waals surface area contributed by atoms with E-state index in [1.807, 2.05) is 0 Å². The van der Waals surface area contributed by atoms with Crippen LogP contribution in [-0.2, 0) is 0 Å². The van der Waals surface area contributed by atoms with Gasteiger partial charge in [-0.2, -0.15) is 0 Å². The van der Waals surface area contributed by atoms with Gasteiger partial charge in [0.1, 0.15) is 0 Å². The van der Waals surface area contributed by atoms with E-state index in [1.54, 1.807) is 0 Å². The molecule has 1 rings (SSSR count). The van der Waals surface area contributed by atoms with Crippen LogP contribution in [-0.4, -0.2) is 16.3 Å². The van der Waals surface area contributed by atoms with Crippen LogP contribution in [0.15, 0.2) is 0 Å². The second-order valence-electron chi connectivity index (χ2n) is 3.37. The number of hydrogen-bond donors (Lipinski definition) is 0. The van der Waals surface area contributed by atoms with Gasteiger partial charge in [0.15, 0.2) is 0 Å². The molecule has 1 saturated carbocycles. The van der Waals surface area contributed by atoms with Gasteiger partial charge in [-0.15, -0.1) is 0 Å². The first-order valence-corrected chi connectivity index (χ1v) is 4.21. The zero-order valence-electron chi connectivity index (χ0n) is 5.33. The van der Waals surface area contributed by atoms with E-state index < -0.39 is 0 Å². The first-order chi connectivity index (χ1) is 3.21. The molecule has 0 aliphatic heterocycles. The van der Waals surface area contributed by atoms with Gasteiger partial charge in [-0.1, -0.05) is 36.9 Å². The highest BCUT2D eigenvalue weighted by atomic mass is 27.0. The summed E-state index contributed by atoms with van der Waals surface area (Å²) in [7, 11) is 0. The Labute approximate surface area is 53.7 Å². The van der Waals surface area contributed by atoms with Crippen LogP contribution in [0.3, 0.4) is 0 Å². The standard InChI is InChI=1S/C6H11.Al.2H/c1-6-4-2-3-5-6;;;/h2-5H2,1H3;;;. The lowest BCUT2D eigenvalue weighted by Crippen LogP contribution is -1.98. The fourth-order valence-corrected chi connectivity index (χ4v) is 2.04. The monoisotopic (exact) mass is 112 g/mol. The lowest BCUT2D eigenvalue weighted by Gasteiger charge is -2.13. The molecule has 0 saturated heterocycles. The molecule has 0 aromatic rings. The highest BCUT2D eigenvalue weighted by Gasteiger charge is 2.21. The zero-order chi connectivity index (χ0) is 5.33. The fourth-order valence-electron chi connectivity index (χ4n) is 1.33. The van der Waals surface area contributed by atoms with E-state index in [1.165, 1.54) is 42.0 Å². The summed E-state index contributed by atoms with van der Waals surface area (Å²) in [4.78, 5) is 0. The van der Waals surface area contributed by atoms with Crippen molar-refractivity contribution >= 4 is 16.3 Å². The largest absolute Gasteiger partial charge is 0.220 e. The summed E-state index contributed by atoms with van der Waals surface area (Å²) in [6.07, 6.45) is 6.03. The van der Waals surface area contributed by atoms with Crippen LogP contribution in [0.2, 0.25) is 4.28 Å². The van der Waals surface area contributed by atoms with Gasteiger partial charge in [-0.05, 0) is 0 Å². The van der Waals surface area contributed by atoms with Crippen LogP contribution in [0.1, 0.15) is 32.6 Å². The zero-order valence-corrected chi connectivity index (χ0v) is 7.33. The van der Waals surface area contributed by atoms with E-state index >= 15 is 0 Å². The van der Waals surface area contributed by atoms with Gasteiger partial charge in [0.05, 0.1) is 0 Å². The van der Waals surface area contributed by atoms with Crippen molar-refractivity contribution in [2.75, 3.05) is 0 Å². The van der Waals surface area contributed by atoms with E-state index in [4.69, 9.17) is 0 Å². The molecule has 0 amide bonds. The predicted octanol–water partition coefficient (Wildman–Crippen LogP) is 1.37. The molecule has 0 bridgehead atoms. The molecule has 1 heteroatoms. The summed E-state index contributed by atoms with van der Waals surface area (Å²) in [5.74, 6) is 0. The quantitative estimate of drug-likeness (QED) is 0.415. The summed E-state index contributed by atoms with van der Waals surface area (Å²) >= 11 is 1.41. The molecule has 0 spiro atoms. The van der Waals surface area contributed by atoms with Crippen molar-refractivity contribution in [3.8, 4) is 0 Å². The van der Waals surface area contributed by atoms with E-state index in [0.29, 0.717) is 0 Å². The molecule has 0 aromatic heterocycles. The Balaban J connectivity index is 2.40. The van der Waals surface area contributed by atoms with Crippen molar-refractivity contribution in [1.82, 2.24) is 0 Å². The SMILES string of the molecule is C[C]1([AlH2])CCCC1. The van der Waals surface area contributed by atoms with E-state index in [2.05, 4.69) is 6.92 Å². The summed E-state index contributed by atoms with van der Waals surface area (Å²) in [6.45, 7) is 2.42. The third kappa shape index (κ3) is 1.48. The minimum atomic E-state index is 0.833. The average molecular weight is 112 g/mol. The highest BCUT2D eigenvalue weighted by Crippen LogP contribution is 2.40. The van der Waals surface area contributed by atoms with E-state index in [-0.39, 0.29) is 0 Å². The summed E-state index contributed by atoms with van der Waals surface area (Å²) in [6, 6.07) is 0. The van der Waals surface area contributed by atoms with Crippen LogP contribution < -0.4 is 0 Å². The maximum absolute atomic E-state index is 2.42. The third-order valence-corrected chi connectivity index (χ3v) is 2.96. The normalized spacial score (nSPS) is 28.1. The third-order valence-electron chi connectivity index (χ3n) is 1.96. The van der Waals surface area contributed by atoms with Crippen LogP contribution in [0.5, 0.6) is 0 Å². The second kappa shape index (κ2) is 1.80. The topological polar surface area (TPSA) is 0 Å². The van der Waals surface area contributed by atoms with Crippen LogP contribution in [0.4, 0.5) is 0 Å². The molecule has 1 aliphatic carbocycles. The molecule has 0 nitrogen and oxygen atoms in total. The number of rotatable bonds is 0. The molecule has 0 heterocycles. The minimum Gasteiger partial charge on any atom is -0.0823 e. The first kappa shape index (κ1) is 5.67. The molecule has 40 valence electrons. The van der Waals surface area contributed by atoms with Gasteiger partial charge in [0, 0.05) is 0 Å². The molecule has 1 aliphatic rings. The van der Waals surface area contributed by atoms with Gasteiger partial charge >= 0.3 is 0 Å². The Kier molecular flexibility index (Phi) is 1.46. The summed E-state index contributed by atoms with van der Waals surface area (Å²) < 4.78 is 0.833. The Morgan fingerprint density at radius 1 is 1.29 bits per heavy atom. The Hall–Kier alpha value is 0.532. The second-order valence-corrected chi connectivity index (χ2v) is 5.79. The maximum Gasteiger partial charge on any atom is 0.220 e. The molecule has 0 unspecified atom stereocenters. The van der Waals surface area contributed by atoms with Crippen molar-refractivity contribution in [1.29, 1.82) is 0 Å². The van der Waals surface area contributed by atoms with Crippen molar-refractivity contribution in [2.45, 2.75) is 36.9 Å². The molecule has 0 N–H and O–H groups in total. The molecule has 0 aromatic carbocycles. The predicted molar refractivity (Wildman–Crippen MR) is 35.4 cm³/mol. The fraction of sp³-hybridized carbons (Fsp3) is 1.00. The van der Waals surface area contributed by atoms with E-state index in [9.17, 15) is 0 Å².